The molecule has 8 heavy (non-hydrogen) atoms. The summed E-state index contributed by atoms with van der Waals surface area (Å²) in [5.41, 5.74) is 0. The van der Waals surface area contributed by atoms with Crippen LogP contribution in [0.25, 0.3) is 0 Å². The van der Waals surface area contributed by atoms with Crippen LogP contribution in [-0.4, -0.2) is 44.6 Å². The van der Waals surface area contributed by atoms with Crippen LogP contribution in [0.5, 0.6) is 0 Å². The van der Waals surface area contributed by atoms with E-state index in [-0.39, 0.29) is 55.8 Å². The Morgan fingerprint density at radius 3 is 1.50 bits per heavy atom. The molecule has 0 unspecified atom stereocenters. The fourth-order valence-electron chi connectivity index (χ4n) is 0. The smallest absolute Gasteiger partial charge is 0 e. The van der Waals surface area contributed by atoms with Gasteiger partial charge in [0, 0.05) is 26.2 Å². The van der Waals surface area contributed by atoms with Crippen molar-refractivity contribution < 1.29 is 50.5 Å². The molecule has 0 bridgehead atoms. The molecule has 0 radical (unpaired) electrons. The Bertz CT molecular complexity index is 76.5. The second-order valence-electron chi connectivity index (χ2n) is 0.572. The first kappa shape index (κ1) is 16.5. The summed E-state index contributed by atoms with van der Waals surface area (Å²) in [6, 6.07) is 0. The van der Waals surface area contributed by atoms with Gasteiger partial charge in [-0.15, -0.1) is 4.67 Å². The van der Waals surface area contributed by atoms with E-state index >= 15 is 0 Å². The van der Waals surface area contributed by atoms with Gasteiger partial charge in [0.05, 0.1) is 0 Å². The maximum atomic E-state index is 9.22. The molecule has 0 aromatic rings. The molecular weight excluding hydrogens is 225 g/mol. The minimum absolute atomic E-state index is 0. The molecule has 0 saturated carbocycles. The Hall–Kier alpha value is 1.95. The van der Waals surface area contributed by atoms with Crippen molar-refractivity contribution in [1.29, 1.82) is 0 Å². The van der Waals surface area contributed by atoms with Crippen molar-refractivity contribution in [2.45, 2.75) is 0 Å². The quantitative estimate of drug-likeness (QED) is 0.230. The van der Waals surface area contributed by atoms with Crippen molar-refractivity contribution in [2.24, 2.45) is 0 Å². The van der Waals surface area contributed by atoms with Crippen molar-refractivity contribution >= 4 is 37.4 Å². The van der Waals surface area contributed by atoms with Crippen LogP contribution < -0.4 is 0 Å². The zero-order chi connectivity index (χ0) is 5.21. The zero-order valence-electron chi connectivity index (χ0n) is 3.11. The Morgan fingerprint density at radius 1 is 1.38 bits per heavy atom. The van der Waals surface area contributed by atoms with Gasteiger partial charge in [0.15, 0.2) is 0 Å². The topological polar surface area (TPSA) is 87.0 Å². The van der Waals surface area contributed by atoms with Gasteiger partial charge in [-0.1, -0.05) is 0 Å². The molecule has 0 amide bonds. The standard InChI is InChI=1S/Na.H3O5P.Zr.H/c;1-5-6(2,3)4;;/h;1H,(H2,2,3,4);;. The molecule has 0 fully saturated rings. The van der Waals surface area contributed by atoms with Gasteiger partial charge in [0.25, 0.3) is 0 Å². The molecule has 0 saturated heterocycles. The second kappa shape index (κ2) is 7.06. The Balaban J connectivity index is -0.000000125. The van der Waals surface area contributed by atoms with Crippen molar-refractivity contribution in [3.05, 3.63) is 0 Å². The zero-order valence-corrected chi connectivity index (χ0v) is 6.46. The third kappa shape index (κ3) is 15.7. The van der Waals surface area contributed by atoms with Crippen molar-refractivity contribution in [3.8, 4) is 0 Å². The first-order chi connectivity index (χ1) is 2.56. The maximum absolute atomic E-state index is 9.22. The molecule has 3 N–H and O–H groups in total. The number of hydrogen-bond donors (Lipinski definition) is 3. The van der Waals surface area contributed by atoms with Gasteiger partial charge in [-0.2, -0.15) is 0 Å². The largest absolute Gasteiger partial charge is 0 e. The minimum atomic E-state index is -4.59. The molecule has 5 nitrogen and oxygen atoms in total. The first-order valence-electron chi connectivity index (χ1n) is 0.948. The van der Waals surface area contributed by atoms with Crippen LogP contribution in [0.4, 0.5) is 0 Å². The van der Waals surface area contributed by atoms with Gasteiger partial charge in [0.2, 0.25) is 0 Å². The van der Waals surface area contributed by atoms with Crippen LogP contribution in [0.15, 0.2) is 0 Å². The van der Waals surface area contributed by atoms with Gasteiger partial charge in [0.1, 0.15) is 0 Å². The predicted octanol–water partition coefficient (Wildman–Crippen LogP) is -1.08. The summed E-state index contributed by atoms with van der Waals surface area (Å²) < 4.78 is 11.8. The van der Waals surface area contributed by atoms with Crippen LogP contribution in [-0.2, 0) is 35.4 Å². The van der Waals surface area contributed by atoms with E-state index in [4.69, 9.17) is 15.0 Å². The van der Waals surface area contributed by atoms with Crippen LogP contribution in [0.1, 0.15) is 0 Å². The van der Waals surface area contributed by atoms with E-state index in [1.807, 2.05) is 0 Å². The summed E-state index contributed by atoms with van der Waals surface area (Å²) in [7, 11) is -4.59. The van der Waals surface area contributed by atoms with Gasteiger partial charge < -0.3 is 9.79 Å². The summed E-state index contributed by atoms with van der Waals surface area (Å²) in [5.74, 6) is 0. The molecule has 0 aromatic carbocycles. The van der Waals surface area contributed by atoms with E-state index in [2.05, 4.69) is 4.67 Å². The molecule has 0 rings (SSSR count). The third-order valence-corrected chi connectivity index (χ3v) is 0.319. The molecule has 0 aliphatic rings. The number of phosphoric acid groups is 1. The molecule has 0 aliphatic carbocycles. The van der Waals surface area contributed by atoms with Crippen molar-refractivity contribution in [1.82, 2.24) is 0 Å². The molecule has 8 heteroatoms. The van der Waals surface area contributed by atoms with Crippen LogP contribution in [0.3, 0.4) is 0 Å². The molecule has 0 atom stereocenters. The van der Waals surface area contributed by atoms with Crippen molar-refractivity contribution in [2.75, 3.05) is 0 Å². The SMILES string of the molecule is O=P(O)(O)OO.[NaH].[Zr]. The molecule has 0 spiro atoms. The van der Waals surface area contributed by atoms with E-state index in [1.165, 1.54) is 0 Å². The molecule has 0 aromatic heterocycles. The number of hydrogen-bond acceptors (Lipinski definition) is 3. The van der Waals surface area contributed by atoms with E-state index in [0.717, 1.165) is 0 Å². The normalized spacial score (nSPS) is 8.88. The maximum Gasteiger partial charge on any atom is 0 e. The number of rotatable bonds is 1. The monoisotopic (exact) mass is 228 g/mol. The third-order valence-electron chi connectivity index (χ3n) is 0.106. The molecule has 0 aliphatic heterocycles. The van der Waals surface area contributed by atoms with Gasteiger partial charge in [-0.25, -0.2) is 9.82 Å². The average Bonchev–Trinajstić information content (AvgIpc) is 1.35. The minimum Gasteiger partial charge on any atom is 0 e. The molecule has 44 valence electrons. The molecular formula is H4NaO5PZr. The fraction of sp³-hybridized carbons (Fsp3) is 0. The fourth-order valence-corrected chi connectivity index (χ4v) is 0. The van der Waals surface area contributed by atoms with Gasteiger partial charge in [-0.3, -0.25) is 0 Å². The van der Waals surface area contributed by atoms with Crippen LogP contribution in [0.2, 0.25) is 0 Å². The van der Waals surface area contributed by atoms with E-state index in [1.54, 1.807) is 0 Å². The van der Waals surface area contributed by atoms with E-state index < -0.39 is 7.82 Å². The summed E-state index contributed by atoms with van der Waals surface area (Å²) in [6.45, 7) is 0. The summed E-state index contributed by atoms with van der Waals surface area (Å²) >= 11 is 0. The van der Waals surface area contributed by atoms with Gasteiger partial charge >= 0.3 is 37.4 Å². The second-order valence-corrected chi connectivity index (χ2v) is 1.72. The Morgan fingerprint density at radius 2 is 1.50 bits per heavy atom. The Kier molecular flexibility index (Phi) is 14.6. The first-order valence-corrected chi connectivity index (χ1v) is 2.48. The summed E-state index contributed by atoms with van der Waals surface area (Å²) in [5, 5.41) is 7.14. The van der Waals surface area contributed by atoms with Crippen molar-refractivity contribution in [3.63, 3.8) is 0 Å². The van der Waals surface area contributed by atoms with Gasteiger partial charge in [-0.05, 0) is 0 Å². The predicted molar refractivity (Wildman–Crippen MR) is 22.9 cm³/mol. The van der Waals surface area contributed by atoms with E-state index in [9.17, 15) is 4.57 Å². The summed E-state index contributed by atoms with van der Waals surface area (Å²) in [6.07, 6.45) is 0. The molecule has 0 heterocycles. The Labute approximate surface area is 87.0 Å². The average molecular weight is 229 g/mol. The summed E-state index contributed by atoms with van der Waals surface area (Å²) in [4.78, 5) is 14.9. The van der Waals surface area contributed by atoms with E-state index in [0.29, 0.717) is 0 Å². The van der Waals surface area contributed by atoms with Crippen LogP contribution >= 0.6 is 7.82 Å². The van der Waals surface area contributed by atoms with Crippen LogP contribution in [0, 0.1) is 0 Å².